The molecule has 0 unspecified atom stereocenters. The van der Waals surface area contributed by atoms with Gasteiger partial charge in [0, 0.05) is 30.0 Å². The van der Waals surface area contributed by atoms with Gasteiger partial charge < -0.3 is 9.73 Å². The molecule has 1 N–H and O–H groups in total. The molecule has 0 radical (unpaired) electrons. The normalized spacial score (nSPS) is 15.2. The molecule has 0 saturated carbocycles. The maximum absolute atomic E-state index is 13.1. The van der Waals surface area contributed by atoms with E-state index in [0.29, 0.717) is 24.6 Å². The maximum Gasteiger partial charge on any atom is 0.220 e. The number of amides is 1. The molecule has 0 aliphatic carbocycles. The van der Waals surface area contributed by atoms with E-state index in [1.165, 1.54) is 12.1 Å². The molecule has 0 bridgehead atoms. The number of rotatable bonds is 8. The van der Waals surface area contributed by atoms with Gasteiger partial charge in [-0.05, 0) is 61.8 Å². The average Bonchev–Trinajstić information content (AvgIpc) is 3.47. The molecule has 162 valence electrons. The van der Waals surface area contributed by atoms with Gasteiger partial charge in [-0.1, -0.05) is 29.8 Å². The van der Waals surface area contributed by atoms with Gasteiger partial charge in [0.1, 0.15) is 5.82 Å². The van der Waals surface area contributed by atoms with Crippen LogP contribution >= 0.6 is 11.6 Å². The molecule has 31 heavy (non-hydrogen) atoms. The van der Waals surface area contributed by atoms with Gasteiger partial charge in [0.05, 0.1) is 12.2 Å². The van der Waals surface area contributed by atoms with Gasteiger partial charge in [-0.3, -0.25) is 9.69 Å². The number of hydrogen-bond donors (Lipinski definition) is 1. The third-order valence-corrected chi connectivity index (χ3v) is 5.93. The molecule has 1 amide bonds. The first-order valence-electron chi connectivity index (χ1n) is 10.6. The van der Waals surface area contributed by atoms with Crippen molar-refractivity contribution in [3.8, 4) is 11.3 Å². The first-order chi connectivity index (χ1) is 15.1. The Bertz CT molecular complexity index is 1020. The Morgan fingerprint density at radius 3 is 2.65 bits per heavy atom. The van der Waals surface area contributed by atoms with Gasteiger partial charge in [0.25, 0.3) is 0 Å². The van der Waals surface area contributed by atoms with Crippen molar-refractivity contribution < 1.29 is 13.6 Å². The number of oxazole rings is 1. The monoisotopic (exact) mass is 441 g/mol. The second kappa shape index (κ2) is 10.1. The Balaban J connectivity index is 1.33. The summed E-state index contributed by atoms with van der Waals surface area (Å²) in [5.41, 5.74) is 1.79. The highest BCUT2D eigenvalue weighted by Gasteiger charge is 2.25. The number of carbonyl (C=O) groups is 1. The van der Waals surface area contributed by atoms with Crippen LogP contribution in [0.4, 0.5) is 4.39 Å². The van der Waals surface area contributed by atoms with Crippen LogP contribution in [-0.4, -0.2) is 35.4 Å². The lowest BCUT2D eigenvalue weighted by atomic mass is 10.1. The van der Waals surface area contributed by atoms with Crippen molar-refractivity contribution in [3.63, 3.8) is 0 Å². The van der Waals surface area contributed by atoms with Crippen LogP contribution in [0.3, 0.4) is 0 Å². The van der Waals surface area contributed by atoms with Crippen molar-refractivity contribution in [3.05, 3.63) is 77.0 Å². The predicted molar refractivity (Wildman–Crippen MR) is 118 cm³/mol. The molecule has 4 rings (SSSR count). The van der Waals surface area contributed by atoms with Crippen molar-refractivity contribution >= 4 is 17.5 Å². The molecule has 0 spiro atoms. The predicted octanol–water partition coefficient (Wildman–Crippen LogP) is 5.02. The van der Waals surface area contributed by atoms with E-state index >= 15 is 0 Å². The van der Waals surface area contributed by atoms with Gasteiger partial charge in [-0.25, -0.2) is 9.37 Å². The second-order valence-electron chi connectivity index (χ2n) is 7.71. The van der Waals surface area contributed by atoms with Gasteiger partial charge in [-0.2, -0.15) is 0 Å². The molecule has 3 aromatic rings. The zero-order valence-corrected chi connectivity index (χ0v) is 17.9. The van der Waals surface area contributed by atoms with Crippen LogP contribution in [0.2, 0.25) is 5.02 Å². The Morgan fingerprint density at radius 1 is 1.16 bits per heavy atom. The average molecular weight is 442 g/mol. The molecule has 1 fully saturated rings. The minimum absolute atomic E-state index is 0.0576. The minimum atomic E-state index is -0.302. The summed E-state index contributed by atoms with van der Waals surface area (Å²) in [5.74, 6) is 0.682. The number of halogens is 2. The maximum atomic E-state index is 13.1. The molecule has 2 aromatic carbocycles. The van der Waals surface area contributed by atoms with Crippen LogP contribution in [0.25, 0.3) is 11.3 Å². The third-order valence-electron chi connectivity index (χ3n) is 5.59. The van der Waals surface area contributed by atoms with E-state index in [2.05, 4.69) is 15.2 Å². The summed E-state index contributed by atoms with van der Waals surface area (Å²) in [4.78, 5) is 19.1. The second-order valence-corrected chi connectivity index (χ2v) is 8.12. The Hall–Kier alpha value is -2.70. The number of carbonyl (C=O) groups excluding carboxylic acids is 1. The van der Waals surface area contributed by atoms with Crippen molar-refractivity contribution in [1.82, 2.24) is 15.2 Å². The zero-order chi connectivity index (χ0) is 21.6. The number of nitrogens with one attached hydrogen (secondary N) is 1. The lowest BCUT2D eigenvalue weighted by Crippen LogP contribution is -2.37. The van der Waals surface area contributed by atoms with Crippen LogP contribution in [-0.2, 0) is 11.2 Å². The first kappa shape index (κ1) is 21.5. The van der Waals surface area contributed by atoms with Gasteiger partial charge in [0.2, 0.25) is 5.91 Å². The summed E-state index contributed by atoms with van der Waals surface area (Å²) < 4.78 is 18.8. The highest BCUT2D eigenvalue weighted by Crippen LogP contribution is 2.29. The smallest absolute Gasteiger partial charge is 0.220 e. The van der Waals surface area contributed by atoms with E-state index in [1.807, 2.05) is 24.3 Å². The summed E-state index contributed by atoms with van der Waals surface area (Å²) in [5, 5.41) is 3.77. The summed E-state index contributed by atoms with van der Waals surface area (Å²) in [7, 11) is 0. The summed E-state index contributed by atoms with van der Waals surface area (Å²) in [6.07, 6.45) is 4.60. The fourth-order valence-electron chi connectivity index (χ4n) is 3.93. The molecule has 1 atom stereocenters. The lowest BCUT2D eigenvalue weighted by Gasteiger charge is -2.29. The van der Waals surface area contributed by atoms with E-state index in [9.17, 15) is 9.18 Å². The molecule has 2 heterocycles. The number of likely N-dealkylation sites (tertiary alicyclic amines) is 1. The van der Waals surface area contributed by atoms with Crippen LogP contribution in [0.5, 0.6) is 0 Å². The van der Waals surface area contributed by atoms with Gasteiger partial charge in [-0.15, -0.1) is 0 Å². The van der Waals surface area contributed by atoms with Crippen molar-refractivity contribution in [2.24, 2.45) is 0 Å². The number of benzene rings is 2. The number of hydrogen-bond acceptors (Lipinski definition) is 4. The van der Waals surface area contributed by atoms with Crippen molar-refractivity contribution in [1.29, 1.82) is 0 Å². The summed E-state index contributed by atoms with van der Waals surface area (Å²) in [6.45, 7) is 2.53. The van der Waals surface area contributed by atoms with Crippen molar-refractivity contribution in [2.45, 2.75) is 31.7 Å². The standard InChI is InChI=1S/C24H25ClFN3O2/c25-20-6-2-1-5-19(20)21(29-13-3-4-14-29)15-27-23(30)11-12-24-28-16-22(31-24)17-7-9-18(26)10-8-17/h1-2,5-10,16,21H,3-4,11-15H2,(H,27,30)/t21-/m1/s1. The molecular weight excluding hydrogens is 417 g/mol. The molecule has 1 saturated heterocycles. The largest absolute Gasteiger partial charge is 0.441 e. The highest BCUT2D eigenvalue weighted by atomic mass is 35.5. The molecule has 1 aliphatic heterocycles. The molecule has 7 heteroatoms. The number of nitrogens with zero attached hydrogens (tertiary/aromatic N) is 2. The van der Waals surface area contributed by atoms with E-state index in [1.54, 1.807) is 18.3 Å². The van der Waals surface area contributed by atoms with Crippen LogP contribution in [0.15, 0.2) is 59.1 Å². The summed E-state index contributed by atoms with van der Waals surface area (Å²) in [6, 6.07) is 13.9. The molecule has 5 nitrogen and oxygen atoms in total. The fourth-order valence-corrected chi connectivity index (χ4v) is 4.19. The quantitative estimate of drug-likeness (QED) is 0.533. The van der Waals surface area contributed by atoms with E-state index in [0.717, 1.165) is 42.1 Å². The number of aryl methyl sites for hydroxylation is 1. The molecular formula is C24H25ClFN3O2. The SMILES string of the molecule is O=C(CCc1ncc(-c2ccc(F)cc2)o1)NC[C@H](c1ccccc1Cl)N1CCCC1. The Morgan fingerprint density at radius 2 is 1.90 bits per heavy atom. The van der Waals surface area contributed by atoms with Crippen LogP contribution in [0.1, 0.15) is 36.8 Å². The van der Waals surface area contributed by atoms with Gasteiger partial charge in [0.15, 0.2) is 11.7 Å². The Kier molecular flexibility index (Phi) is 6.99. The van der Waals surface area contributed by atoms with Crippen molar-refractivity contribution in [2.75, 3.05) is 19.6 Å². The molecule has 1 aliphatic rings. The van der Waals surface area contributed by atoms with Gasteiger partial charge >= 0.3 is 0 Å². The van der Waals surface area contributed by atoms with Crippen LogP contribution < -0.4 is 5.32 Å². The number of aromatic nitrogens is 1. The van der Waals surface area contributed by atoms with Crippen LogP contribution in [0, 0.1) is 5.82 Å². The lowest BCUT2D eigenvalue weighted by molar-refractivity contribution is -0.121. The minimum Gasteiger partial charge on any atom is -0.441 e. The first-order valence-corrected chi connectivity index (χ1v) is 10.9. The Labute approximate surface area is 186 Å². The van der Waals surface area contributed by atoms with E-state index in [4.69, 9.17) is 16.0 Å². The topological polar surface area (TPSA) is 58.4 Å². The molecule has 1 aromatic heterocycles. The van der Waals surface area contributed by atoms with E-state index < -0.39 is 0 Å². The zero-order valence-electron chi connectivity index (χ0n) is 17.2. The summed E-state index contributed by atoms with van der Waals surface area (Å²) >= 11 is 6.43. The fraction of sp³-hybridized carbons (Fsp3) is 0.333. The van der Waals surface area contributed by atoms with E-state index in [-0.39, 0.29) is 24.2 Å². The highest BCUT2D eigenvalue weighted by molar-refractivity contribution is 6.31. The third kappa shape index (κ3) is 5.51.